The normalized spacial score (nSPS) is 22.4. The van der Waals surface area contributed by atoms with Crippen molar-refractivity contribution in [3.63, 3.8) is 0 Å². The van der Waals surface area contributed by atoms with Crippen molar-refractivity contribution in [1.29, 1.82) is 0 Å². The number of amides is 4. The van der Waals surface area contributed by atoms with Gasteiger partial charge in [0.1, 0.15) is 67.0 Å². The summed E-state index contributed by atoms with van der Waals surface area (Å²) in [6.07, 6.45) is 0.671. The summed E-state index contributed by atoms with van der Waals surface area (Å²) >= 11 is 12.7. The monoisotopic (exact) mass is 1850 g/mol. The van der Waals surface area contributed by atoms with Crippen molar-refractivity contribution in [1.82, 2.24) is 21.3 Å². The number of methoxy groups -OCH3 is 2. The van der Waals surface area contributed by atoms with Crippen molar-refractivity contribution >= 4 is 94.5 Å². The minimum absolute atomic E-state index is 0.0353. The van der Waals surface area contributed by atoms with Crippen LogP contribution in [0.3, 0.4) is 0 Å². The molecule has 0 aromatic heterocycles. The number of carbonyl (C=O) groups excluding carboxylic acids is 10. The second-order valence-electron chi connectivity index (χ2n) is 33.9. The lowest BCUT2D eigenvalue weighted by Crippen LogP contribution is -2.51. The van der Waals surface area contributed by atoms with Gasteiger partial charge < -0.3 is 97.4 Å². The van der Waals surface area contributed by atoms with E-state index in [2.05, 4.69) is 21.3 Å². The first-order chi connectivity index (χ1) is 61.9. The Bertz CT molecular complexity index is 4700. The first-order valence-electron chi connectivity index (χ1n) is 43.1. The van der Waals surface area contributed by atoms with Crippen LogP contribution >= 0.6 is 23.2 Å². The molecule has 36 heteroatoms. The number of rotatable bonds is 38. The molecule has 9 rings (SSSR count). The predicted octanol–water partition coefficient (Wildman–Crippen LogP) is 12.2. The van der Waals surface area contributed by atoms with E-state index in [4.69, 9.17) is 99.4 Å². The van der Waals surface area contributed by atoms with Crippen molar-refractivity contribution in [3.8, 4) is 17.2 Å². The van der Waals surface area contributed by atoms with Crippen LogP contribution in [0.1, 0.15) is 160 Å². The number of cyclic esters (lactones) is 4. The number of nitro benzene ring substituents is 1. The van der Waals surface area contributed by atoms with E-state index in [9.17, 15) is 62.9 Å². The highest BCUT2D eigenvalue weighted by molar-refractivity contribution is 6.32. The number of hydrogen-bond donors (Lipinski definition) is 5. The topological polar surface area (TPSA) is 444 Å². The van der Waals surface area contributed by atoms with Crippen LogP contribution in [0.2, 0.25) is 10.0 Å². The zero-order chi connectivity index (χ0) is 94.8. The van der Waals surface area contributed by atoms with E-state index < -0.39 is 118 Å². The summed E-state index contributed by atoms with van der Waals surface area (Å²) in [7, 11) is 2.98. The highest BCUT2D eigenvalue weighted by atomic mass is 35.5. The van der Waals surface area contributed by atoms with E-state index in [1.807, 2.05) is 77.9 Å². The van der Waals surface area contributed by atoms with Gasteiger partial charge in [-0.25, -0.2) is 14.4 Å². The van der Waals surface area contributed by atoms with Gasteiger partial charge in [-0.05, 0) is 141 Å². The molecule has 4 heterocycles. The maximum Gasteiger partial charge on any atom is 0.514 e. The average Bonchev–Trinajstić information content (AvgIpc) is 1.62. The third-order valence-corrected chi connectivity index (χ3v) is 22.0. The van der Waals surface area contributed by atoms with Crippen molar-refractivity contribution in [3.05, 3.63) is 187 Å². The van der Waals surface area contributed by atoms with Gasteiger partial charge in [-0.3, -0.25) is 48.5 Å². The number of carbonyl (C=O) groups is 11. The van der Waals surface area contributed by atoms with Crippen LogP contribution in [0.15, 0.2) is 133 Å². The highest BCUT2D eigenvalue weighted by Gasteiger charge is 2.50. The standard InChI is InChI=1S/C50H69ClN2O16.C44H50ClN3O13/c1-32(2)27-41-48(59)67-39(9-7-10-42(54)53-38(29-35-14-17-40(61-6)37(51)28-35)47(58)52-31-50(4,5)49(60)68-41)33(3)45-46(69-45)36-15-12-34(13-16-36)30-66-44(57)11-8-19-62-21-23-64-25-26-65-24-22-63-20-18-43(55)56;1-25(2)20-36-41(51)59-34(26(3)38-39(61-38)29-13-10-27(11-14-29)23-57-43(53)58-31-17-15-30(16-18-31)48(54)55)8-7-9-37(49)47-33(22-28-12-19-35(56-6)32(45)21-28)40(50)46-24-44(4,5)42(52)60-36/h7,10,12-17,28,32-33,38-39,41,45-46H,8-9,11,18-27,29-31H2,1-6H3,(H,52,58)(H,53,54)(H,55,56);7,9-19,21,25-26,33-34,36,38-39H,8,20,22-24H2,1-6H3,(H,46,50)(H,47,49)/b10-7+;9-7+/t33-,38+,39-,41-,45-,46-;26-,33+,34-,36-,38-,39-/m00/s1. The molecule has 708 valence electrons. The lowest BCUT2D eigenvalue weighted by atomic mass is 9.92. The Kier molecular flexibility index (Phi) is 41.3. The molecule has 5 N–H and O–H groups in total. The summed E-state index contributed by atoms with van der Waals surface area (Å²) in [5, 5.41) is 31.1. The Morgan fingerprint density at radius 1 is 0.523 bits per heavy atom. The molecule has 0 radical (unpaired) electrons. The molecule has 4 amide bonds. The molecule has 130 heavy (non-hydrogen) atoms. The molecule has 0 unspecified atom stereocenters. The number of nitrogens with zero attached hydrogens (tertiary/aromatic N) is 1. The third-order valence-electron chi connectivity index (χ3n) is 21.4. The molecule has 12 atom stereocenters. The van der Waals surface area contributed by atoms with Gasteiger partial charge in [-0.1, -0.05) is 138 Å². The van der Waals surface area contributed by atoms with Crippen LogP contribution in [-0.4, -0.2) is 205 Å². The molecule has 4 aliphatic rings. The smallest absolute Gasteiger partial charge is 0.495 e. The number of nitro groups is 1. The Hall–Kier alpha value is -11.1. The second-order valence-corrected chi connectivity index (χ2v) is 34.8. The van der Waals surface area contributed by atoms with Gasteiger partial charge in [0.2, 0.25) is 23.6 Å². The first-order valence-corrected chi connectivity index (χ1v) is 43.9. The number of hydrogen-bond acceptors (Lipinski definition) is 28. The van der Waals surface area contributed by atoms with Crippen molar-refractivity contribution in [2.24, 2.45) is 34.5 Å². The van der Waals surface area contributed by atoms with E-state index in [-0.39, 0.29) is 144 Å². The maximum atomic E-state index is 13.8. The van der Waals surface area contributed by atoms with Crippen molar-refractivity contribution in [2.45, 2.75) is 201 Å². The van der Waals surface area contributed by atoms with Gasteiger partial charge in [0.05, 0.1) is 105 Å². The minimum Gasteiger partial charge on any atom is -0.495 e. The molecule has 2 saturated heterocycles. The third kappa shape index (κ3) is 34.6. The van der Waals surface area contributed by atoms with Gasteiger partial charge in [0.25, 0.3) is 5.69 Å². The van der Waals surface area contributed by atoms with Crippen LogP contribution in [-0.2, 0) is 131 Å². The summed E-state index contributed by atoms with van der Waals surface area (Å²) in [5.41, 5.74) is 1.80. The number of esters is 5. The number of nitrogens with one attached hydrogen (secondary N) is 4. The Morgan fingerprint density at radius 2 is 0.923 bits per heavy atom. The summed E-state index contributed by atoms with van der Waals surface area (Å²) in [6, 6.07) is 27.7. The van der Waals surface area contributed by atoms with Gasteiger partial charge in [-0.2, -0.15) is 0 Å². The zero-order valence-electron chi connectivity index (χ0n) is 75.2. The lowest BCUT2D eigenvalue weighted by molar-refractivity contribution is -0.384. The van der Waals surface area contributed by atoms with Crippen LogP contribution in [0, 0.1) is 44.6 Å². The van der Waals surface area contributed by atoms with Crippen LogP contribution in [0.5, 0.6) is 17.2 Å². The van der Waals surface area contributed by atoms with Crippen LogP contribution in [0.4, 0.5) is 10.5 Å². The summed E-state index contributed by atoms with van der Waals surface area (Å²) in [4.78, 5) is 154. The fourth-order valence-corrected chi connectivity index (χ4v) is 14.2. The number of carboxylic acid groups (broad SMARTS) is 1. The van der Waals surface area contributed by atoms with Gasteiger partial charge >= 0.3 is 42.0 Å². The largest absolute Gasteiger partial charge is 0.514 e. The summed E-state index contributed by atoms with van der Waals surface area (Å²) < 4.78 is 83.8. The minimum atomic E-state index is -1.26. The molecular formula is C94H119Cl2N5O29. The van der Waals surface area contributed by atoms with Crippen molar-refractivity contribution in [2.75, 3.05) is 80.2 Å². The van der Waals surface area contributed by atoms with Crippen LogP contribution < -0.4 is 35.5 Å². The molecule has 5 aromatic rings. The fraction of sp³-hybridized carbons (Fsp3) is 0.521. The number of aliphatic carboxylic acids is 1. The maximum absolute atomic E-state index is 13.8. The van der Waals surface area contributed by atoms with Crippen LogP contribution in [0.25, 0.3) is 0 Å². The number of carboxylic acids is 1. The first kappa shape index (κ1) is 104. The average molecular weight is 1850 g/mol. The van der Waals surface area contributed by atoms with E-state index in [0.717, 1.165) is 16.7 Å². The SMILES string of the molecule is COc1ccc(C[C@H]2NC(=O)/C=C/C[C@@H]([C@H](C)[C@@H]3O[C@H]3c3ccc(COC(=O)CCCOCCOCCOCCOCCC(=O)O)cc3)OC(=O)[C@H](CC(C)C)OC(=O)C(C)(C)CNC2=O)cc1Cl.COc1ccc(C[C@H]2NC(=O)/C=C/C[C@@H]([C@H](C)[C@@H]3O[C@H]3c3ccc(COC(=O)Oc4ccc([N+](=O)[O-])cc4)cc3)OC(=O)[C@H](CC(C)C)OC(=O)C(C)(C)CNC2=O)cc1Cl. The molecule has 0 bridgehead atoms. The van der Waals surface area contributed by atoms with Gasteiger partial charge in [0.15, 0.2) is 12.2 Å². The van der Waals surface area contributed by atoms with E-state index in [1.165, 1.54) is 50.6 Å². The quantitative estimate of drug-likeness (QED) is 0.00466. The summed E-state index contributed by atoms with van der Waals surface area (Å²) in [6.45, 7) is 20.1. The molecule has 0 aliphatic carbocycles. The number of benzene rings is 5. The molecule has 0 spiro atoms. The molecule has 34 nitrogen and oxygen atoms in total. The number of non-ortho nitro benzene ring substituents is 1. The number of ether oxygens (including phenoxy) is 15. The summed E-state index contributed by atoms with van der Waals surface area (Å²) in [5.74, 6) is -6.16. The molecule has 2 fully saturated rings. The molecular weight excluding hydrogens is 1730 g/mol. The highest BCUT2D eigenvalue weighted by Crippen LogP contribution is 2.47. The Morgan fingerprint density at radius 3 is 1.32 bits per heavy atom. The number of epoxide rings is 2. The van der Waals surface area contributed by atoms with Gasteiger partial charge in [-0.15, -0.1) is 0 Å². The fourth-order valence-electron chi connectivity index (χ4n) is 13.6. The number of halogens is 2. The lowest BCUT2D eigenvalue weighted by Gasteiger charge is -2.29. The molecule has 0 saturated carbocycles. The Balaban J connectivity index is 0.000000323. The Labute approximate surface area is 765 Å². The van der Waals surface area contributed by atoms with E-state index >= 15 is 0 Å². The predicted molar refractivity (Wildman–Crippen MR) is 472 cm³/mol. The van der Waals surface area contributed by atoms with Crippen molar-refractivity contribution < 1.29 is 134 Å². The van der Waals surface area contributed by atoms with Gasteiger partial charge in [0, 0.05) is 75.8 Å². The second kappa shape index (κ2) is 51.5. The molecule has 5 aromatic carbocycles. The van der Waals surface area contributed by atoms with E-state index in [1.54, 1.807) is 88.4 Å². The molecule has 4 aliphatic heterocycles. The van der Waals surface area contributed by atoms with E-state index in [0.29, 0.717) is 90.9 Å². The zero-order valence-corrected chi connectivity index (χ0v) is 76.7.